The van der Waals surface area contributed by atoms with E-state index in [-0.39, 0.29) is 0 Å². The van der Waals surface area contributed by atoms with E-state index >= 15 is 0 Å². The molecule has 2 nitrogen and oxygen atoms in total. The molecule has 0 aliphatic carbocycles. The second kappa shape index (κ2) is 8.76. The maximum atomic E-state index is 5.95. The van der Waals surface area contributed by atoms with Crippen LogP contribution in [0.25, 0.3) is 0 Å². The number of hydrogen-bond donors (Lipinski definition) is 2. The Labute approximate surface area is 142 Å². The fraction of sp³-hybridized carbons (Fsp3) is 0.278. The van der Waals surface area contributed by atoms with Crippen molar-refractivity contribution in [3.8, 4) is 0 Å². The third-order valence-electron chi connectivity index (χ3n) is 3.46. The Balaban J connectivity index is 1.65. The number of unbranched alkanes of at least 4 members (excludes halogenated alkanes) is 1. The number of aryl methyl sites for hydroxylation is 2. The number of rotatable bonds is 6. The van der Waals surface area contributed by atoms with Crippen LogP contribution in [0.4, 0.5) is 5.69 Å². The molecule has 0 unspecified atom stereocenters. The molecule has 0 saturated heterocycles. The number of benzene rings is 2. The van der Waals surface area contributed by atoms with E-state index in [9.17, 15) is 0 Å². The minimum atomic E-state index is 0.658. The summed E-state index contributed by atoms with van der Waals surface area (Å²) in [6.45, 7) is 2.89. The van der Waals surface area contributed by atoms with Crippen molar-refractivity contribution in [3.05, 3.63) is 64.7 Å². The van der Waals surface area contributed by atoms with Crippen LogP contribution in [0.1, 0.15) is 24.0 Å². The van der Waals surface area contributed by atoms with Crippen molar-refractivity contribution in [3.63, 3.8) is 0 Å². The Bertz CT molecular complexity index is 614. The minimum absolute atomic E-state index is 0.658. The summed E-state index contributed by atoms with van der Waals surface area (Å²) < 4.78 is 0. The van der Waals surface area contributed by atoms with E-state index in [1.807, 2.05) is 31.2 Å². The van der Waals surface area contributed by atoms with Gasteiger partial charge in [0.25, 0.3) is 0 Å². The highest BCUT2D eigenvalue weighted by Crippen LogP contribution is 2.19. The third kappa shape index (κ3) is 5.66. The molecule has 0 fully saturated rings. The van der Waals surface area contributed by atoms with E-state index in [0.717, 1.165) is 42.1 Å². The van der Waals surface area contributed by atoms with Gasteiger partial charge in [0, 0.05) is 17.3 Å². The molecular formula is C18H21ClN2S. The molecule has 0 radical (unpaired) electrons. The predicted molar refractivity (Wildman–Crippen MR) is 99.8 cm³/mol. The summed E-state index contributed by atoms with van der Waals surface area (Å²) in [5.41, 5.74) is 3.46. The van der Waals surface area contributed by atoms with Gasteiger partial charge in [0.05, 0.1) is 0 Å². The molecule has 116 valence electrons. The van der Waals surface area contributed by atoms with Gasteiger partial charge in [0.1, 0.15) is 0 Å². The Morgan fingerprint density at radius 2 is 1.86 bits per heavy atom. The van der Waals surface area contributed by atoms with Gasteiger partial charge in [-0.3, -0.25) is 0 Å². The zero-order chi connectivity index (χ0) is 15.8. The van der Waals surface area contributed by atoms with Crippen LogP contribution in [-0.4, -0.2) is 11.7 Å². The van der Waals surface area contributed by atoms with Crippen LogP contribution in [0.5, 0.6) is 0 Å². The fourth-order valence-electron chi connectivity index (χ4n) is 2.23. The van der Waals surface area contributed by atoms with Crippen LogP contribution in [0.2, 0.25) is 5.02 Å². The second-order valence-corrected chi connectivity index (χ2v) is 6.13. The van der Waals surface area contributed by atoms with E-state index < -0.39 is 0 Å². The summed E-state index contributed by atoms with van der Waals surface area (Å²) in [7, 11) is 0. The molecule has 2 rings (SSSR count). The van der Waals surface area contributed by atoms with Crippen molar-refractivity contribution in [2.45, 2.75) is 26.2 Å². The Kier molecular flexibility index (Phi) is 6.69. The number of thiocarbonyl (C=S) groups is 1. The Hall–Kier alpha value is -1.58. The number of nitrogens with one attached hydrogen (secondary N) is 2. The van der Waals surface area contributed by atoms with Crippen molar-refractivity contribution < 1.29 is 0 Å². The summed E-state index contributed by atoms with van der Waals surface area (Å²) in [5.74, 6) is 0. The molecule has 0 bridgehead atoms. The average Bonchev–Trinajstić information content (AvgIpc) is 2.51. The van der Waals surface area contributed by atoms with Gasteiger partial charge < -0.3 is 10.6 Å². The zero-order valence-electron chi connectivity index (χ0n) is 12.7. The van der Waals surface area contributed by atoms with E-state index in [1.165, 1.54) is 5.56 Å². The van der Waals surface area contributed by atoms with Gasteiger partial charge in [0.2, 0.25) is 0 Å². The van der Waals surface area contributed by atoms with E-state index in [4.69, 9.17) is 23.8 Å². The summed E-state index contributed by atoms with van der Waals surface area (Å²) in [6.07, 6.45) is 3.36. The van der Waals surface area contributed by atoms with Crippen molar-refractivity contribution in [1.29, 1.82) is 0 Å². The SMILES string of the molecule is Cc1cc(Cl)ccc1NC(=S)NCCCCc1ccccc1. The molecule has 0 amide bonds. The van der Waals surface area contributed by atoms with E-state index in [2.05, 4.69) is 34.9 Å². The summed E-state index contributed by atoms with van der Waals surface area (Å²) in [5, 5.41) is 7.85. The number of hydrogen-bond acceptors (Lipinski definition) is 1. The highest BCUT2D eigenvalue weighted by Gasteiger charge is 2.01. The van der Waals surface area contributed by atoms with Crippen LogP contribution in [0.3, 0.4) is 0 Å². The van der Waals surface area contributed by atoms with Crippen LogP contribution < -0.4 is 10.6 Å². The lowest BCUT2D eigenvalue weighted by molar-refractivity contribution is 0.711. The summed E-state index contributed by atoms with van der Waals surface area (Å²) in [6, 6.07) is 16.3. The van der Waals surface area contributed by atoms with Gasteiger partial charge in [-0.25, -0.2) is 0 Å². The largest absolute Gasteiger partial charge is 0.362 e. The van der Waals surface area contributed by atoms with Crippen molar-refractivity contribution in [2.75, 3.05) is 11.9 Å². The standard InChI is InChI=1S/C18H21ClN2S/c1-14-13-16(19)10-11-17(14)21-18(22)20-12-6-5-9-15-7-3-2-4-8-15/h2-4,7-8,10-11,13H,5-6,9,12H2,1H3,(H2,20,21,22). The molecule has 0 spiro atoms. The van der Waals surface area contributed by atoms with E-state index in [0.29, 0.717) is 5.11 Å². The average molecular weight is 333 g/mol. The quantitative estimate of drug-likeness (QED) is 0.577. The first kappa shape index (κ1) is 16.8. The second-order valence-electron chi connectivity index (χ2n) is 5.28. The Morgan fingerprint density at radius 1 is 1.09 bits per heavy atom. The van der Waals surface area contributed by atoms with Crippen LogP contribution in [-0.2, 0) is 6.42 Å². The highest BCUT2D eigenvalue weighted by molar-refractivity contribution is 7.80. The van der Waals surface area contributed by atoms with Crippen LogP contribution >= 0.6 is 23.8 Å². The van der Waals surface area contributed by atoms with Gasteiger partial charge in [-0.1, -0.05) is 41.9 Å². The molecule has 0 aliphatic heterocycles. The van der Waals surface area contributed by atoms with Gasteiger partial charge >= 0.3 is 0 Å². The lowest BCUT2D eigenvalue weighted by Crippen LogP contribution is -2.29. The first-order valence-electron chi connectivity index (χ1n) is 7.50. The van der Waals surface area contributed by atoms with Gasteiger partial charge in [-0.05, 0) is 67.7 Å². The molecular weight excluding hydrogens is 312 g/mol. The van der Waals surface area contributed by atoms with Gasteiger partial charge in [-0.2, -0.15) is 0 Å². The fourth-order valence-corrected chi connectivity index (χ4v) is 2.67. The molecule has 0 aliphatic rings. The molecule has 4 heteroatoms. The summed E-state index contributed by atoms with van der Waals surface area (Å²) in [4.78, 5) is 0. The minimum Gasteiger partial charge on any atom is -0.362 e. The monoisotopic (exact) mass is 332 g/mol. The molecule has 2 N–H and O–H groups in total. The third-order valence-corrected chi connectivity index (χ3v) is 3.94. The molecule has 0 aromatic heterocycles. The maximum Gasteiger partial charge on any atom is 0.170 e. The molecule has 0 saturated carbocycles. The Morgan fingerprint density at radius 3 is 2.59 bits per heavy atom. The highest BCUT2D eigenvalue weighted by atomic mass is 35.5. The zero-order valence-corrected chi connectivity index (χ0v) is 14.3. The smallest absolute Gasteiger partial charge is 0.170 e. The predicted octanol–water partition coefficient (Wildman–Crippen LogP) is 4.96. The summed E-state index contributed by atoms with van der Waals surface area (Å²) >= 11 is 11.3. The van der Waals surface area contributed by atoms with Crippen LogP contribution in [0.15, 0.2) is 48.5 Å². The lowest BCUT2D eigenvalue weighted by atomic mass is 10.1. The lowest BCUT2D eigenvalue weighted by Gasteiger charge is -2.12. The molecule has 0 atom stereocenters. The van der Waals surface area contributed by atoms with Crippen molar-refractivity contribution >= 4 is 34.6 Å². The number of halogens is 1. The molecule has 2 aromatic carbocycles. The van der Waals surface area contributed by atoms with Gasteiger partial charge in [-0.15, -0.1) is 0 Å². The van der Waals surface area contributed by atoms with Gasteiger partial charge in [0.15, 0.2) is 5.11 Å². The van der Waals surface area contributed by atoms with Crippen molar-refractivity contribution in [2.24, 2.45) is 0 Å². The maximum absolute atomic E-state index is 5.95. The molecule has 2 aromatic rings. The topological polar surface area (TPSA) is 24.1 Å². The molecule has 0 heterocycles. The molecule has 22 heavy (non-hydrogen) atoms. The number of anilines is 1. The van der Waals surface area contributed by atoms with E-state index in [1.54, 1.807) is 0 Å². The first-order valence-corrected chi connectivity index (χ1v) is 8.29. The normalized spacial score (nSPS) is 10.3. The first-order chi connectivity index (χ1) is 10.6. The van der Waals surface area contributed by atoms with Crippen molar-refractivity contribution in [1.82, 2.24) is 5.32 Å². The van der Waals surface area contributed by atoms with Crippen LogP contribution in [0, 0.1) is 6.92 Å².